The Morgan fingerprint density at radius 2 is 2.09 bits per heavy atom. The van der Waals surface area contributed by atoms with Gasteiger partial charge in [0.1, 0.15) is 6.23 Å². The molecular weight excluding hydrogens is 142 g/mol. The Bertz CT molecular complexity index is 78.5. The van der Waals surface area contributed by atoms with Gasteiger partial charge in [-0.3, -0.25) is 0 Å². The van der Waals surface area contributed by atoms with E-state index in [2.05, 4.69) is 6.92 Å². The standard InChI is InChI=1S/C8H19NO2/c1-3-5-8(9)11-7-4-6-10-2/h8H,3-7,9H2,1-2H3. The van der Waals surface area contributed by atoms with Crippen LogP contribution in [-0.4, -0.2) is 26.6 Å². The van der Waals surface area contributed by atoms with Crippen molar-refractivity contribution in [2.75, 3.05) is 20.3 Å². The molecule has 0 aliphatic rings. The highest BCUT2D eigenvalue weighted by molar-refractivity contribution is 4.45. The highest BCUT2D eigenvalue weighted by Gasteiger charge is 1.98. The van der Waals surface area contributed by atoms with Crippen LogP contribution in [0.5, 0.6) is 0 Å². The Balaban J connectivity index is 2.97. The SMILES string of the molecule is CCCC(N)OCCCOC. The van der Waals surface area contributed by atoms with Crippen LogP contribution < -0.4 is 5.73 Å². The van der Waals surface area contributed by atoms with Crippen molar-refractivity contribution < 1.29 is 9.47 Å². The fourth-order valence-corrected chi connectivity index (χ4v) is 0.806. The van der Waals surface area contributed by atoms with Gasteiger partial charge in [-0.05, 0) is 12.8 Å². The number of hydrogen-bond donors (Lipinski definition) is 1. The van der Waals surface area contributed by atoms with Crippen LogP contribution in [0.15, 0.2) is 0 Å². The average molecular weight is 161 g/mol. The molecule has 0 aromatic carbocycles. The van der Waals surface area contributed by atoms with E-state index < -0.39 is 0 Å². The zero-order valence-electron chi connectivity index (χ0n) is 7.51. The molecule has 0 rings (SSSR count). The lowest BCUT2D eigenvalue weighted by atomic mass is 10.3. The van der Waals surface area contributed by atoms with Gasteiger partial charge in [0.15, 0.2) is 0 Å². The molecule has 1 unspecified atom stereocenters. The minimum absolute atomic E-state index is 0.0862. The second-order valence-corrected chi connectivity index (χ2v) is 2.54. The van der Waals surface area contributed by atoms with Crippen LogP contribution in [0.25, 0.3) is 0 Å². The molecule has 68 valence electrons. The molecule has 2 N–H and O–H groups in total. The van der Waals surface area contributed by atoms with Gasteiger partial charge < -0.3 is 15.2 Å². The van der Waals surface area contributed by atoms with E-state index in [1.807, 2.05) is 0 Å². The van der Waals surface area contributed by atoms with Gasteiger partial charge in [0.2, 0.25) is 0 Å². The fraction of sp³-hybridized carbons (Fsp3) is 1.00. The van der Waals surface area contributed by atoms with Crippen LogP contribution in [0.4, 0.5) is 0 Å². The van der Waals surface area contributed by atoms with Gasteiger partial charge in [-0.15, -0.1) is 0 Å². The van der Waals surface area contributed by atoms with E-state index in [1.54, 1.807) is 7.11 Å². The maximum absolute atomic E-state index is 5.60. The van der Waals surface area contributed by atoms with Crippen molar-refractivity contribution in [3.63, 3.8) is 0 Å². The van der Waals surface area contributed by atoms with E-state index in [-0.39, 0.29) is 6.23 Å². The summed E-state index contributed by atoms with van der Waals surface area (Å²) in [6, 6.07) is 0. The Hall–Kier alpha value is -0.120. The number of rotatable bonds is 7. The number of methoxy groups -OCH3 is 1. The van der Waals surface area contributed by atoms with E-state index in [1.165, 1.54) is 0 Å². The van der Waals surface area contributed by atoms with Gasteiger partial charge in [0, 0.05) is 13.7 Å². The molecule has 1 atom stereocenters. The third-order valence-electron chi connectivity index (χ3n) is 1.40. The van der Waals surface area contributed by atoms with Crippen molar-refractivity contribution in [2.24, 2.45) is 5.73 Å². The van der Waals surface area contributed by atoms with E-state index in [9.17, 15) is 0 Å². The first-order valence-corrected chi connectivity index (χ1v) is 4.17. The van der Waals surface area contributed by atoms with Crippen molar-refractivity contribution in [1.82, 2.24) is 0 Å². The van der Waals surface area contributed by atoms with E-state index in [0.717, 1.165) is 25.9 Å². The number of hydrogen-bond acceptors (Lipinski definition) is 3. The summed E-state index contributed by atoms with van der Waals surface area (Å²) in [7, 11) is 1.69. The Morgan fingerprint density at radius 3 is 2.64 bits per heavy atom. The summed E-state index contributed by atoms with van der Waals surface area (Å²) in [6.07, 6.45) is 2.85. The van der Waals surface area contributed by atoms with Crippen LogP contribution in [-0.2, 0) is 9.47 Å². The quantitative estimate of drug-likeness (QED) is 0.449. The van der Waals surface area contributed by atoms with E-state index in [0.29, 0.717) is 6.61 Å². The number of nitrogens with two attached hydrogens (primary N) is 1. The van der Waals surface area contributed by atoms with Gasteiger partial charge in [0.25, 0.3) is 0 Å². The van der Waals surface area contributed by atoms with Crippen molar-refractivity contribution in [3.8, 4) is 0 Å². The summed E-state index contributed by atoms with van der Waals surface area (Å²) in [5.74, 6) is 0. The van der Waals surface area contributed by atoms with Crippen molar-refractivity contribution in [2.45, 2.75) is 32.4 Å². The summed E-state index contributed by atoms with van der Waals surface area (Å²) in [5, 5.41) is 0. The van der Waals surface area contributed by atoms with E-state index in [4.69, 9.17) is 15.2 Å². The Labute approximate surface area is 68.9 Å². The van der Waals surface area contributed by atoms with Crippen LogP contribution in [0.1, 0.15) is 26.2 Å². The lowest BCUT2D eigenvalue weighted by Gasteiger charge is -2.10. The molecule has 0 heterocycles. The minimum Gasteiger partial charge on any atom is -0.385 e. The largest absolute Gasteiger partial charge is 0.385 e. The predicted molar refractivity (Wildman–Crippen MR) is 45.3 cm³/mol. The summed E-state index contributed by atoms with van der Waals surface area (Å²) >= 11 is 0. The smallest absolute Gasteiger partial charge is 0.105 e. The molecule has 0 bridgehead atoms. The fourth-order valence-electron chi connectivity index (χ4n) is 0.806. The monoisotopic (exact) mass is 161 g/mol. The predicted octanol–water partition coefficient (Wildman–Crippen LogP) is 1.12. The average Bonchev–Trinajstić information content (AvgIpc) is 1.99. The molecule has 0 saturated heterocycles. The zero-order chi connectivity index (χ0) is 8.53. The third-order valence-corrected chi connectivity index (χ3v) is 1.40. The number of ether oxygens (including phenoxy) is 2. The zero-order valence-corrected chi connectivity index (χ0v) is 7.51. The van der Waals surface area contributed by atoms with E-state index >= 15 is 0 Å². The van der Waals surface area contributed by atoms with Crippen LogP contribution in [0.3, 0.4) is 0 Å². The van der Waals surface area contributed by atoms with Gasteiger partial charge in [0.05, 0.1) is 6.61 Å². The molecule has 0 radical (unpaired) electrons. The molecule has 0 spiro atoms. The van der Waals surface area contributed by atoms with Gasteiger partial charge in [-0.25, -0.2) is 0 Å². The molecule has 3 nitrogen and oxygen atoms in total. The lowest BCUT2D eigenvalue weighted by Crippen LogP contribution is -2.24. The van der Waals surface area contributed by atoms with Crippen molar-refractivity contribution >= 4 is 0 Å². The topological polar surface area (TPSA) is 44.5 Å². The highest BCUT2D eigenvalue weighted by Crippen LogP contribution is 1.95. The summed E-state index contributed by atoms with van der Waals surface area (Å²) in [6.45, 7) is 3.55. The van der Waals surface area contributed by atoms with Gasteiger partial charge >= 0.3 is 0 Å². The molecule has 0 aliphatic carbocycles. The third kappa shape index (κ3) is 7.78. The Kier molecular flexibility index (Phi) is 7.89. The van der Waals surface area contributed by atoms with Crippen LogP contribution in [0.2, 0.25) is 0 Å². The second-order valence-electron chi connectivity index (χ2n) is 2.54. The lowest BCUT2D eigenvalue weighted by molar-refractivity contribution is 0.0381. The first-order valence-electron chi connectivity index (χ1n) is 4.17. The summed E-state index contributed by atoms with van der Waals surface area (Å²) in [4.78, 5) is 0. The maximum Gasteiger partial charge on any atom is 0.105 e. The molecule has 0 aliphatic heterocycles. The molecule has 0 aromatic heterocycles. The highest BCUT2D eigenvalue weighted by atomic mass is 16.5. The molecule has 0 fully saturated rings. The van der Waals surface area contributed by atoms with Crippen LogP contribution >= 0.6 is 0 Å². The summed E-state index contributed by atoms with van der Waals surface area (Å²) < 4.78 is 10.1. The molecule has 0 saturated carbocycles. The summed E-state index contributed by atoms with van der Waals surface area (Å²) in [5.41, 5.74) is 5.60. The molecule has 3 heteroatoms. The van der Waals surface area contributed by atoms with Crippen molar-refractivity contribution in [3.05, 3.63) is 0 Å². The Morgan fingerprint density at radius 1 is 1.36 bits per heavy atom. The minimum atomic E-state index is -0.0862. The normalized spacial score (nSPS) is 13.4. The van der Waals surface area contributed by atoms with Gasteiger partial charge in [-0.1, -0.05) is 13.3 Å². The first-order chi connectivity index (χ1) is 5.31. The molecule has 0 aromatic rings. The maximum atomic E-state index is 5.60. The molecule has 0 amide bonds. The first kappa shape index (κ1) is 10.9. The second kappa shape index (κ2) is 7.98. The van der Waals surface area contributed by atoms with Crippen molar-refractivity contribution in [1.29, 1.82) is 0 Å². The molecule has 11 heavy (non-hydrogen) atoms. The van der Waals surface area contributed by atoms with Crippen LogP contribution in [0, 0.1) is 0 Å². The molecular formula is C8H19NO2. The van der Waals surface area contributed by atoms with Gasteiger partial charge in [-0.2, -0.15) is 0 Å².